The molecule has 1 fully saturated rings. The molecule has 108 valence electrons. The highest BCUT2D eigenvalue weighted by Crippen LogP contribution is 2.29. The highest BCUT2D eigenvalue weighted by atomic mass is 35.5. The van der Waals surface area contributed by atoms with Gasteiger partial charge in [0.05, 0.1) is 11.9 Å². The first kappa shape index (κ1) is 14.0. The van der Waals surface area contributed by atoms with Crippen molar-refractivity contribution >= 4 is 17.5 Å². The van der Waals surface area contributed by atoms with Gasteiger partial charge in [-0.25, -0.2) is 4.98 Å². The van der Waals surface area contributed by atoms with Gasteiger partial charge in [-0.05, 0) is 37.5 Å². The van der Waals surface area contributed by atoms with Gasteiger partial charge in [-0.1, -0.05) is 23.7 Å². The minimum Gasteiger partial charge on any atom is -0.330 e. The fourth-order valence-electron chi connectivity index (χ4n) is 2.19. The molecule has 5 heteroatoms. The summed E-state index contributed by atoms with van der Waals surface area (Å²) >= 11 is 5.90. The summed E-state index contributed by atoms with van der Waals surface area (Å²) in [7, 11) is 0. The molecule has 0 radical (unpaired) electrons. The lowest BCUT2D eigenvalue weighted by atomic mass is 10.2. The van der Waals surface area contributed by atoms with Crippen LogP contribution in [0.4, 0.5) is 0 Å². The minimum absolute atomic E-state index is 0.0556. The number of rotatable bonds is 4. The van der Waals surface area contributed by atoms with Gasteiger partial charge in [0, 0.05) is 23.8 Å². The molecule has 0 bridgehead atoms. The number of nitrogens with zero attached hydrogens (tertiary/aromatic N) is 3. The van der Waals surface area contributed by atoms with Gasteiger partial charge in [-0.2, -0.15) is 0 Å². The number of aromatic nitrogens is 2. The fourth-order valence-corrected chi connectivity index (χ4v) is 2.32. The van der Waals surface area contributed by atoms with Gasteiger partial charge in [0.15, 0.2) is 0 Å². The second kappa shape index (κ2) is 5.82. The van der Waals surface area contributed by atoms with E-state index in [2.05, 4.69) is 9.97 Å². The second-order valence-electron chi connectivity index (χ2n) is 5.33. The number of hydrogen-bond acceptors (Lipinski definition) is 3. The summed E-state index contributed by atoms with van der Waals surface area (Å²) in [5, 5.41) is 0.701. The van der Waals surface area contributed by atoms with Crippen molar-refractivity contribution in [1.29, 1.82) is 0 Å². The van der Waals surface area contributed by atoms with Gasteiger partial charge in [-0.3, -0.25) is 9.78 Å². The Morgan fingerprint density at radius 2 is 1.95 bits per heavy atom. The number of benzene rings is 1. The number of carbonyl (C=O) groups is 1. The summed E-state index contributed by atoms with van der Waals surface area (Å²) in [5.41, 5.74) is 2.28. The number of halogens is 1. The Balaban J connectivity index is 1.79. The van der Waals surface area contributed by atoms with Crippen LogP contribution >= 0.6 is 11.6 Å². The van der Waals surface area contributed by atoms with Gasteiger partial charge < -0.3 is 4.90 Å². The third-order valence-corrected chi connectivity index (χ3v) is 3.77. The van der Waals surface area contributed by atoms with Crippen LogP contribution in [0.25, 0.3) is 0 Å². The van der Waals surface area contributed by atoms with E-state index < -0.39 is 0 Å². The Hall–Kier alpha value is -1.94. The van der Waals surface area contributed by atoms with E-state index in [1.165, 1.54) is 0 Å². The molecule has 1 amide bonds. The third-order valence-electron chi connectivity index (χ3n) is 3.51. The molecular weight excluding hydrogens is 286 g/mol. The Kier molecular flexibility index (Phi) is 3.88. The van der Waals surface area contributed by atoms with Crippen molar-refractivity contribution < 1.29 is 4.79 Å². The summed E-state index contributed by atoms with van der Waals surface area (Å²) in [4.78, 5) is 22.8. The lowest BCUT2D eigenvalue weighted by molar-refractivity contribution is 0.0723. The van der Waals surface area contributed by atoms with E-state index in [-0.39, 0.29) is 5.91 Å². The largest absolute Gasteiger partial charge is 0.330 e. The van der Waals surface area contributed by atoms with Crippen LogP contribution in [0.2, 0.25) is 5.02 Å². The molecule has 0 N–H and O–H groups in total. The molecule has 1 aliphatic carbocycles. The lowest BCUT2D eigenvalue weighted by Crippen LogP contribution is -2.33. The van der Waals surface area contributed by atoms with Gasteiger partial charge in [-0.15, -0.1) is 0 Å². The molecule has 0 aliphatic heterocycles. The van der Waals surface area contributed by atoms with Crippen LogP contribution in [0.1, 0.15) is 34.6 Å². The van der Waals surface area contributed by atoms with Crippen molar-refractivity contribution in [3.8, 4) is 0 Å². The first-order valence-corrected chi connectivity index (χ1v) is 7.35. The summed E-state index contributed by atoms with van der Waals surface area (Å²) in [6, 6.07) is 7.91. The van der Waals surface area contributed by atoms with E-state index in [4.69, 9.17) is 11.6 Å². The monoisotopic (exact) mass is 301 g/mol. The van der Waals surface area contributed by atoms with Crippen molar-refractivity contribution in [3.05, 3.63) is 58.6 Å². The molecule has 2 aromatic rings. The van der Waals surface area contributed by atoms with Crippen LogP contribution in [-0.2, 0) is 6.54 Å². The van der Waals surface area contributed by atoms with Crippen molar-refractivity contribution in [3.63, 3.8) is 0 Å². The molecule has 1 saturated carbocycles. The zero-order valence-electron chi connectivity index (χ0n) is 11.8. The summed E-state index contributed by atoms with van der Waals surface area (Å²) in [6.07, 6.45) is 5.28. The molecule has 1 heterocycles. The topological polar surface area (TPSA) is 46.1 Å². The van der Waals surface area contributed by atoms with E-state index in [1.807, 2.05) is 36.1 Å². The zero-order valence-corrected chi connectivity index (χ0v) is 12.5. The summed E-state index contributed by atoms with van der Waals surface area (Å²) < 4.78 is 0. The summed E-state index contributed by atoms with van der Waals surface area (Å²) in [5.74, 6) is -0.0556. The normalized spacial score (nSPS) is 14.0. The van der Waals surface area contributed by atoms with Crippen molar-refractivity contribution in [2.24, 2.45) is 0 Å². The average molecular weight is 302 g/mol. The molecule has 0 saturated heterocycles. The molecule has 4 nitrogen and oxygen atoms in total. The smallest absolute Gasteiger partial charge is 0.274 e. The quantitative estimate of drug-likeness (QED) is 0.871. The van der Waals surface area contributed by atoms with Crippen LogP contribution in [-0.4, -0.2) is 26.8 Å². The maximum atomic E-state index is 12.6. The second-order valence-corrected chi connectivity index (χ2v) is 5.77. The summed E-state index contributed by atoms with van der Waals surface area (Å²) in [6.45, 7) is 2.43. The Morgan fingerprint density at radius 1 is 1.24 bits per heavy atom. The Labute approximate surface area is 128 Å². The van der Waals surface area contributed by atoms with Crippen molar-refractivity contribution in [2.75, 3.05) is 0 Å². The van der Waals surface area contributed by atoms with Gasteiger partial charge >= 0.3 is 0 Å². The first-order valence-electron chi connectivity index (χ1n) is 6.97. The van der Waals surface area contributed by atoms with E-state index in [0.29, 0.717) is 23.3 Å². The SMILES string of the molecule is Cc1cnc(C(=O)N(Cc2ccc(Cl)cc2)C2CC2)cn1. The highest BCUT2D eigenvalue weighted by molar-refractivity contribution is 6.30. The van der Waals surface area contributed by atoms with E-state index in [9.17, 15) is 4.79 Å². The zero-order chi connectivity index (χ0) is 14.8. The van der Waals surface area contributed by atoms with E-state index >= 15 is 0 Å². The third kappa shape index (κ3) is 3.39. The molecule has 3 rings (SSSR count). The Bertz CT molecular complexity index is 636. The number of amides is 1. The van der Waals surface area contributed by atoms with Gasteiger partial charge in [0.1, 0.15) is 5.69 Å². The minimum atomic E-state index is -0.0556. The number of aryl methyl sites for hydroxylation is 1. The maximum Gasteiger partial charge on any atom is 0.274 e. The van der Waals surface area contributed by atoms with Crippen molar-refractivity contribution in [2.45, 2.75) is 32.4 Å². The van der Waals surface area contributed by atoms with Gasteiger partial charge in [0.25, 0.3) is 5.91 Å². The molecule has 21 heavy (non-hydrogen) atoms. The predicted molar refractivity (Wildman–Crippen MR) is 81.1 cm³/mol. The number of carbonyl (C=O) groups excluding carboxylic acids is 1. The Morgan fingerprint density at radius 3 is 2.52 bits per heavy atom. The molecular formula is C16H16ClN3O. The molecule has 1 aliphatic rings. The lowest BCUT2D eigenvalue weighted by Gasteiger charge is -2.22. The molecule has 0 unspecified atom stereocenters. The van der Waals surface area contributed by atoms with Crippen LogP contribution < -0.4 is 0 Å². The maximum absolute atomic E-state index is 12.6. The highest BCUT2D eigenvalue weighted by Gasteiger charge is 2.33. The van der Waals surface area contributed by atoms with E-state index in [1.54, 1.807) is 12.4 Å². The number of hydrogen-bond donors (Lipinski definition) is 0. The molecule has 1 aromatic heterocycles. The van der Waals surface area contributed by atoms with Crippen LogP contribution in [0, 0.1) is 6.92 Å². The fraction of sp³-hybridized carbons (Fsp3) is 0.312. The predicted octanol–water partition coefficient (Wildman–Crippen LogP) is 3.24. The molecule has 0 spiro atoms. The van der Waals surface area contributed by atoms with Crippen molar-refractivity contribution in [1.82, 2.24) is 14.9 Å². The molecule has 0 atom stereocenters. The first-order chi connectivity index (χ1) is 10.1. The van der Waals surface area contributed by atoms with Gasteiger partial charge in [0.2, 0.25) is 0 Å². The standard InChI is InChI=1S/C16H16ClN3O/c1-11-8-19-15(9-18-11)16(21)20(14-6-7-14)10-12-2-4-13(17)5-3-12/h2-5,8-9,14H,6-7,10H2,1H3. The van der Waals surface area contributed by atoms with Crippen LogP contribution in [0.5, 0.6) is 0 Å². The molecule has 1 aromatic carbocycles. The van der Waals surface area contributed by atoms with E-state index in [0.717, 1.165) is 24.1 Å². The average Bonchev–Trinajstić information content (AvgIpc) is 3.31. The van der Waals surface area contributed by atoms with Crippen LogP contribution in [0.15, 0.2) is 36.7 Å². The van der Waals surface area contributed by atoms with Crippen LogP contribution in [0.3, 0.4) is 0 Å².